The normalized spacial score (nSPS) is 28.0. The topological polar surface area (TPSA) is 60.9 Å². The highest BCUT2D eigenvalue weighted by atomic mass is 16.4. The van der Waals surface area contributed by atoms with Gasteiger partial charge in [0.25, 0.3) is 0 Å². The third kappa shape index (κ3) is 3.39. The van der Waals surface area contributed by atoms with Crippen LogP contribution in [0.25, 0.3) is 0 Å². The summed E-state index contributed by atoms with van der Waals surface area (Å²) in [5.41, 5.74) is 0.155. The number of nitrogens with zero attached hydrogens (tertiary/aromatic N) is 2. The molecule has 2 aliphatic rings. The molecule has 0 unspecified atom stereocenters. The molecule has 5 heteroatoms. The molecule has 0 spiro atoms. The first-order valence-corrected chi connectivity index (χ1v) is 8.01. The third-order valence-corrected chi connectivity index (χ3v) is 5.57. The fourth-order valence-corrected chi connectivity index (χ4v) is 3.75. The molecule has 0 radical (unpaired) electrons. The molecule has 0 aromatic heterocycles. The lowest BCUT2D eigenvalue weighted by Gasteiger charge is -2.49. The van der Waals surface area contributed by atoms with Crippen molar-refractivity contribution in [3.8, 4) is 0 Å². The highest BCUT2D eigenvalue weighted by Crippen LogP contribution is 2.37. The Morgan fingerprint density at radius 2 is 1.57 bits per heavy atom. The summed E-state index contributed by atoms with van der Waals surface area (Å²) in [4.78, 5) is 27.7. The van der Waals surface area contributed by atoms with Crippen LogP contribution in [-0.4, -0.2) is 60.0 Å². The standard InChI is InChI=1S/C16H28N2O3/c1-17(2)16(9-4-10-16)11-18(3)14(19)12-5-7-13(8-6-12)15(20)21/h12-13H,4-11H2,1-3H3,(H,20,21). The van der Waals surface area contributed by atoms with Gasteiger partial charge in [-0.2, -0.15) is 0 Å². The molecule has 2 rings (SSSR count). The number of likely N-dealkylation sites (N-methyl/N-ethyl adjacent to an activating group) is 2. The summed E-state index contributed by atoms with van der Waals surface area (Å²) >= 11 is 0. The van der Waals surface area contributed by atoms with Gasteiger partial charge in [0, 0.05) is 25.0 Å². The molecule has 0 aliphatic heterocycles. The first-order valence-electron chi connectivity index (χ1n) is 8.01. The molecular formula is C16H28N2O3. The van der Waals surface area contributed by atoms with Gasteiger partial charge in [0.15, 0.2) is 0 Å². The van der Waals surface area contributed by atoms with Crippen LogP contribution in [0.3, 0.4) is 0 Å². The van der Waals surface area contributed by atoms with Crippen LogP contribution in [0.2, 0.25) is 0 Å². The van der Waals surface area contributed by atoms with Gasteiger partial charge in [0.05, 0.1) is 5.92 Å². The van der Waals surface area contributed by atoms with Crippen molar-refractivity contribution in [2.45, 2.75) is 50.5 Å². The fourth-order valence-electron chi connectivity index (χ4n) is 3.75. The van der Waals surface area contributed by atoms with Crippen LogP contribution in [0.5, 0.6) is 0 Å². The van der Waals surface area contributed by atoms with Gasteiger partial charge in [-0.05, 0) is 59.0 Å². The maximum absolute atomic E-state index is 12.6. The van der Waals surface area contributed by atoms with E-state index in [0.717, 1.165) is 32.2 Å². The quantitative estimate of drug-likeness (QED) is 0.840. The van der Waals surface area contributed by atoms with E-state index in [9.17, 15) is 9.59 Å². The number of carboxylic acids is 1. The average molecular weight is 296 g/mol. The number of rotatable bonds is 5. The first-order chi connectivity index (χ1) is 9.85. The summed E-state index contributed by atoms with van der Waals surface area (Å²) in [6.45, 7) is 0.789. The van der Waals surface area contributed by atoms with E-state index in [1.807, 2.05) is 11.9 Å². The zero-order chi connectivity index (χ0) is 15.6. The number of amides is 1. The van der Waals surface area contributed by atoms with E-state index in [1.54, 1.807) is 0 Å². The van der Waals surface area contributed by atoms with Crippen LogP contribution in [0.4, 0.5) is 0 Å². The molecule has 2 saturated carbocycles. The SMILES string of the molecule is CN(CC1(N(C)C)CCC1)C(=O)C1CCC(C(=O)O)CC1. The Morgan fingerprint density at radius 3 is 1.95 bits per heavy atom. The van der Waals surface area contributed by atoms with Gasteiger partial charge >= 0.3 is 5.97 Å². The first kappa shape index (κ1) is 16.3. The van der Waals surface area contributed by atoms with Crippen LogP contribution in [-0.2, 0) is 9.59 Å². The number of hydrogen-bond donors (Lipinski definition) is 1. The Balaban J connectivity index is 1.87. The molecule has 2 fully saturated rings. The Hall–Kier alpha value is -1.10. The highest BCUT2D eigenvalue weighted by Gasteiger charge is 2.41. The Morgan fingerprint density at radius 1 is 1.05 bits per heavy atom. The number of hydrogen-bond acceptors (Lipinski definition) is 3. The second-order valence-electron chi connectivity index (χ2n) is 7.05. The molecule has 0 heterocycles. The molecule has 1 N–H and O–H groups in total. The summed E-state index contributed by atoms with van der Waals surface area (Å²) in [6, 6.07) is 0. The minimum absolute atomic E-state index is 0.0184. The lowest BCUT2D eigenvalue weighted by atomic mass is 9.75. The van der Waals surface area contributed by atoms with Crippen molar-refractivity contribution in [2.24, 2.45) is 11.8 Å². The summed E-state index contributed by atoms with van der Waals surface area (Å²) in [6.07, 6.45) is 6.26. The van der Waals surface area contributed by atoms with Gasteiger partial charge in [0.2, 0.25) is 5.91 Å². The van der Waals surface area contributed by atoms with Crippen LogP contribution in [0, 0.1) is 11.8 Å². The molecule has 0 saturated heterocycles. The molecule has 0 atom stereocenters. The van der Waals surface area contributed by atoms with Crippen molar-refractivity contribution < 1.29 is 14.7 Å². The van der Waals surface area contributed by atoms with Crippen molar-refractivity contribution in [1.82, 2.24) is 9.80 Å². The molecular weight excluding hydrogens is 268 g/mol. The van der Waals surface area contributed by atoms with Gasteiger partial charge < -0.3 is 14.9 Å². The summed E-state index contributed by atoms with van der Waals surface area (Å²) in [5.74, 6) is -0.744. The Kier molecular flexibility index (Phi) is 4.91. The lowest BCUT2D eigenvalue weighted by molar-refractivity contribution is -0.146. The van der Waals surface area contributed by atoms with Crippen molar-refractivity contribution >= 4 is 11.9 Å². The molecule has 0 aromatic carbocycles. The number of aliphatic carboxylic acids is 1. The largest absolute Gasteiger partial charge is 0.481 e. The zero-order valence-corrected chi connectivity index (χ0v) is 13.5. The fraction of sp³-hybridized carbons (Fsp3) is 0.875. The van der Waals surface area contributed by atoms with E-state index < -0.39 is 5.97 Å². The average Bonchev–Trinajstić information content (AvgIpc) is 2.41. The number of carbonyl (C=O) groups excluding carboxylic acids is 1. The van der Waals surface area contributed by atoms with E-state index in [2.05, 4.69) is 19.0 Å². The summed E-state index contributed by atoms with van der Waals surface area (Å²) in [5, 5.41) is 9.02. The molecule has 2 aliphatic carbocycles. The van der Waals surface area contributed by atoms with E-state index in [0.29, 0.717) is 12.8 Å². The predicted molar refractivity (Wildman–Crippen MR) is 81.0 cm³/mol. The van der Waals surface area contributed by atoms with Crippen LogP contribution >= 0.6 is 0 Å². The molecule has 0 bridgehead atoms. The lowest BCUT2D eigenvalue weighted by Crippen LogP contribution is -2.58. The monoisotopic (exact) mass is 296 g/mol. The smallest absolute Gasteiger partial charge is 0.306 e. The second kappa shape index (κ2) is 6.34. The van der Waals surface area contributed by atoms with Crippen molar-refractivity contribution in [2.75, 3.05) is 27.7 Å². The van der Waals surface area contributed by atoms with Gasteiger partial charge in [-0.1, -0.05) is 0 Å². The Bertz CT molecular complexity index is 396. The van der Waals surface area contributed by atoms with E-state index >= 15 is 0 Å². The second-order valence-corrected chi connectivity index (χ2v) is 7.05. The van der Waals surface area contributed by atoms with Gasteiger partial charge in [-0.25, -0.2) is 0 Å². The van der Waals surface area contributed by atoms with Gasteiger partial charge in [-0.15, -0.1) is 0 Å². The van der Waals surface area contributed by atoms with E-state index in [-0.39, 0.29) is 23.3 Å². The maximum atomic E-state index is 12.6. The highest BCUT2D eigenvalue weighted by molar-refractivity contribution is 5.79. The minimum atomic E-state index is -0.713. The van der Waals surface area contributed by atoms with Crippen molar-refractivity contribution in [3.05, 3.63) is 0 Å². The zero-order valence-electron chi connectivity index (χ0n) is 13.5. The molecule has 120 valence electrons. The van der Waals surface area contributed by atoms with Gasteiger partial charge in [-0.3, -0.25) is 9.59 Å². The molecule has 21 heavy (non-hydrogen) atoms. The van der Waals surface area contributed by atoms with Crippen LogP contribution < -0.4 is 0 Å². The van der Waals surface area contributed by atoms with Gasteiger partial charge in [0.1, 0.15) is 0 Å². The molecule has 0 aromatic rings. The van der Waals surface area contributed by atoms with Crippen LogP contribution in [0.1, 0.15) is 44.9 Å². The predicted octanol–water partition coefficient (Wildman–Crippen LogP) is 1.82. The summed E-state index contributed by atoms with van der Waals surface area (Å²) in [7, 11) is 6.08. The minimum Gasteiger partial charge on any atom is -0.481 e. The number of carbonyl (C=O) groups is 2. The van der Waals surface area contributed by atoms with E-state index in [1.165, 1.54) is 6.42 Å². The molecule has 5 nitrogen and oxygen atoms in total. The third-order valence-electron chi connectivity index (χ3n) is 5.57. The Labute approximate surface area is 127 Å². The van der Waals surface area contributed by atoms with Crippen LogP contribution in [0.15, 0.2) is 0 Å². The van der Waals surface area contributed by atoms with E-state index in [4.69, 9.17) is 5.11 Å². The van der Waals surface area contributed by atoms with Crippen molar-refractivity contribution in [3.63, 3.8) is 0 Å². The maximum Gasteiger partial charge on any atom is 0.306 e. The van der Waals surface area contributed by atoms with Crippen molar-refractivity contribution in [1.29, 1.82) is 0 Å². The number of carboxylic acid groups (broad SMARTS) is 1. The molecule has 1 amide bonds. The summed E-state index contributed by atoms with van der Waals surface area (Å²) < 4.78 is 0.